The first kappa shape index (κ1) is 42.3. The van der Waals surface area contributed by atoms with Crippen molar-refractivity contribution in [2.24, 2.45) is 104 Å². The lowest BCUT2D eigenvalue weighted by molar-refractivity contribution is -0.113. The molecule has 12 aliphatic carbocycles. The standard InChI is InChI=1S/C16H26.C14H24.C13H22.C10H14.C2H6/c1-16(2,3)13-8-11-7-12(13)15-10-5-4-9(6-10)14(11)15;1-13(2,3)14-7-10-4-11(8-14)6-12(5-10)9-14;1-12(2,3)13-7-9-4-10(8-13)6-11(13)5-9;1-10(2,3)9-7-5-4-6-8-9;1-2/h9-15H,4-8H2,1-3H3;10-12H,4-9H2,1-3H3;9-11H,4-8H2,1-3H3;4-8H,1-3H3;1-2H3. The molecule has 9 atom stereocenters. The van der Waals surface area contributed by atoms with Gasteiger partial charge in [0.1, 0.15) is 0 Å². The lowest BCUT2D eigenvalue weighted by Gasteiger charge is -2.62. The van der Waals surface area contributed by atoms with Crippen LogP contribution in [0.4, 0.5) is 0 Å². The number of rotatable bonds is 0. The largest absolute Gasteiger partial charge is 0.0683 e. The van der Waals surface area contributed by atoms with E-state index in [9.17, 15) is 0 Å². The molecule has 0 radical (unpaired) electrons. The summed E-state index contributed by atoms with van der Waals surface area (Å²) in [6.07, 6.45) is 25.3. The van der Waals surface area contributed by atoms with Gasteiger partial charge in [-0.3, -0.25) is 0 Å². The Kier molecular flexibility index (Phi) is 11.6. The van der Waals surface area contributed by atoms with Gasteiger partial charge in [-0.2, -0.15) is 0 Å². The van der Waals surface area contributed by atoms with Crippen molar-refractivity contribution in [3.8, 4) is 0 Å². The van der Waals surface area contributed by atoms with E-state index in [4.69, 9.17) is 0 Å². The molecule has 12 bridgehead atoms. The van der Waals surface area contributed by atoms with Crippen LogP contribution >= 0.6 is 0 Å². The molecule has 12 fully saturated rings. The number of benzene rings is 1. The Morgan fingerprint density at radius 1 is 0.473 bits per heavy atom. The Bertz CT molecular complexity index is 1370. The summed E-state index contributed by atoms with van der Waals surface area (Å²) >= 11 is 0. The van der Waals surface area contributed by atoms with Crippen LogP contribution in [0.15, 0.2) is 30.3 Å². The topological polar surface area (TPSA) is 0 Å². The highest BCUT2D eigenvalue weighted by Crippen LogP contribution is 2.72. The van der Waals surface area contributed by atoms with Gasteiger partial charge in [0.05, 0.1) is 0 Å². The predicted molar refractivity (Wildman–Crippen MR) is 239 cm³/mol. The summed E-state index contributed by atoms with van der Waals surface area (Å²) in [5.41, 5.74) is 4.90. The SMILES string of the molecule is CC.CC(C)(C)C12CC3CC(CC(C3)C1)C2.CC(C)(C)C12CC3CC(CC1C3)C2.CC(C)(C)C1CC2CC1C1C3CCC(C3)C21.CC(C)(C)c1ccccc1. The Morgan fingerprint density at radius 3 is 1.35 bits per heavy atom. The zero-order valence-electron chi connectivity index (χ0n) is 39.2. The van der Waals surface area contributed by atoms with Crippen molar-refractivity contribution in [3.05, 3.63) is 35.9 Å². The van der Waals surface area contributed by atoms with Gasteiger partial charge in [0.2, 0.25) is 0 Å². The lowest BCUT2D eigenvalue weighted by atomic mass is 9.43. The van der Waals surface area contributed by atoms with Crippen LogP contribution in [0, 0.1) is 104 Å². The van der Waals surface area contributed by atoms with E-state index in [1.54, 1.807) is 103 Å². The Labute approximate surface area is 343 Å². The summed E-state index contributed by atoms with van der Waals surface area (Å²) in [6.45, 7) is 33.0. The maximum absolute atomic E-state index is 2.49. The Hall–Kier alpha value is -0.780. The third kappa shape index (κ3) is 7.87. The van der Waals surface area contributed by atoms with Gasteiger partial charge in [0, 0.05) is 0 Å². The predicted octanol–water partition coefficient (Wildman–Crippen LogP) is 16.5. The van der Waals surface area contributed by atoms with Gasteiger partial charge in [-0.05, 0) is 218 Å². The molecule has 1 aromatic carbocycles. The second-order valence-electron chi connectivity index (χ2n) is 26.4. The molecule has 312 valence electrons. The smallest absolute Gasteiger partial charge is 0.0132 e. The molecule has 0 saturated heterocycles. The van der Waals surface area contributed by atoms with Crippen molar-refractivity contribution in [3.63, 3.8) is 0 Å². The maximum Gasteiger partial charge on any atom is -0.0132 e. The van der Waals surface area contributed by atoms with Crippen molar-refractivity contribution in [2.45, 2.75) is 205 Å². The molecule has 0 heteroatoms. The summed E-state index contributed by atoms with van der Waals surface area (Å²) < 4.78 is 0. The Balaban J connectivity index is 0.000000113. The molecule has 55 heavy (non-hydrogen) atoms. The fourth-order valence-electron chi connectivity index (χ4n) is 17.5. The van der Waals surface area contributed by atoms with E-state index in [1.165, 1.54) is 23.3 Å². The second kappa shape index (κ2) is 15.0. The maximum atomic E-state index is 2.49. The molecule has 13 rings (SSSR count). The summed E-state index contributed by atoms with van der Waals surface area (Å²) in [7, 11) is 0. The third-order valence-electron chi connectivity index (χ3n) is 19.6. The average Bonchev–Trinajstić information content (AvgIpc) is 3.94. The first-order chi connectivity index (χ1) is 25.7. The van der Waals surface area contributed by atoms with Crippen LogP contribution in [-0.4, -0.2) is 0 Å². The number of fused-ring (bicyclic) bond motifs is 9. The van der Waals surface area contributed by atoms with Crippen molar-refractivity contribution < 1.29 is 0 Å². The summed E-state index contributed by atoms with van der Waals surface area (Å²) in [5.74, 6) is 14.7. The van der Waals surface area contributed by atoms with E-state index in [2.05, 4.69) is 113 Å². The van der Waals surface area contributed by atoms with Crippen molar-refractivity contribution in [2.75, 3.05) is 0 Å². The summed E-state index contributed by atoms with van der Waals surface area (Å²) in [6, 6.07) is 10.6. The van der Waals surface area contributed by atoms with Crippen LogP contribution in [0.5, 0.6) is 0 Å². The summed E-state index contributed by atoms with van der Waals surface area (Å²) in [4.78, 5) is 0. The van der Waals surface area contributed by atoms with Gasteiger partial charge < -0.3 is 0 Å². The molecular weight excluding hydrogens is 661 g/mol. The van der Waals surface area contributed by atoms with E-state index < -0.39 is 0 Å². The van der Waals surface area contributed by atoms with Crippen molar-refractivity contribution in [1.29, 1.82) is 0 Å². The minimum atomic E-state index is 0.293. The van der Waals surface area contributed by atoms with Gasteiger partial charge in [0.25, 0.3) is 0 Å². The van der Waals surface area contributed by atoms with Gasteiger partial charge in [0.15, 0.2) is 0 Å². The van der Waals surface area contributed by atoms with Gasteiger partial charge in [-0.15, -0.1) is 0 Å². The van der Waals surface area contributed by atoms with Crippen LogP contribution < -0.4 is 0 Å². The quantitative estimate of drug-likeness (QED) is 0.232. The van der Waals surface area contributed by atoms with Crippen LogP contribution in [0.1, 0.15) is 205 Å². The highest BCUT2D eigenvalue weighted by molar-refractivity contribution is 5.22. The monoisotopic (exact) mass is 753 g/mol. The fourth-order valence-corrected chi connectivity index (χ4v) is 17.5. The molecule has 0 aromatic heterocycles. The van der Waals surface area contributed by atoms with E-state index in [0.717, 1.165) is 70.0 Å². The zero-order chi connectivity index (χ0) is 39.9. The lowest BCUT2D eigenvalue weighted by Crippen LogP contribution is -2.51. The van der Waals surface area contributed by atoms with Crippen LogP contribution in [0.25, 0.3) is 0 Å². The van der Waals surface area contributed by atoms with E-state index >= 15 is 0 Å². The minimum Gasteiger partial charge on any atom is -0.0683 e. The van der Waals surface area contributed by atoms with Gasteiger partial charge in [-0.25, -0.2) is 0 Å². The molecule has 0 spiro atoms. The molecule has 0 heterocycles. The average molecular weight is 753 g/mol. The third-order valence-corrected chi connectivity index (χ3v) is 19.6. The highest BCUT2D eigenvalue weighted by atomic mass is 14.7. The first-order valence-corrected chi connectivity index (χ1v) is 24.7. The molecule has 1 aromatic rings. The van der Waals surface area contributed by atoms with Crippen LogP contribution in [-0.2, 0) is 5.41 Å². The van der Waals surface area contributed by atoms with E-state index in [1.807, 2.05) is 13.8 Å². The van der Waals surface area contributed by atoms with Gasteiger partial charge >= 0.3 is 0 Å². The fraction of sp³-hybridized carbons (Fsp3) is 0.891. The van der Waals surface area contributed by atoms with Crippen LogP contribution in [0.3, 0.4) is 0 Å². The number of hydrogen-bond acceptors (Lipinski definition) is 0. The number of hydrogen-bond donors (Lipinski definition) is 0. The molecular formula is C55H92. The normalized spacial score (nSPS) is 44.8. The second-order valence-corrected chi connectivity index (χ2v) is 26.4. The molecule has 0 aliphatic heterocycles. The first-order valence-electron chi connectivity index (χ1n) is 24.7. The molecule has 12 aliphatic rings. The molecule has 9 unspecified atom stereocenters. The van der Waals surface area contributed by atoms with Gasteiger partial charge in [-0.1, -0.05) is 127 Å². The van der Waals surface area contributed by atoms with Crippen LogP contribution in [0.2, 0.25) is 0 Å². The van der Waals surface area contributed by atoms with E-state index in [-0.39, 0.29) is 0 Å². The molecule has 0 amide bonds. The molecule has 12 saturated carbocycles. The van der Waals surface area contributed by atoms with Crippen molar-refractivity contribution >= 4 is 0 Å². The minimum absolute atomic E-state index is 0.293. The summed E-state index contributed by atoms with van der Waals surface area (Å²) in [5, 5.41) is 0. The highest BCUT2D eigenvalue weighted by Gasteiger charge is 2.64. The molecule has 0 N–H and O–H groups in total. The van der Waals surface area contributed by atoms with Crippen molar-refractivity contribution in [1.82, 2.24) is 0 Å². The van der Waals surface area contributed by atoms with E-state index in [0.29, 0.717) is 21.7 Å². The zero-order valence-corrected chi connectivity index (χ0v) is 39.2. The molecule has 0 nitrogen and oxygen atoms in total. The Morgan fingerprint density at radius 2 is 0.945 bits per heavy atom.